The standard InChI is InChI=1S/C15H14N3O/c1-17-13-9-8-12(10-14(13)18(2)15(17)19)16-11-6-4-3-5-7-11/h3-6,8-10,16H,1-2H3. The Morgan fingerprint density at radius 2 is 1.84 bits per heavy atom. The van der Waals surface area contributed by atoms with E-state index in [1.807, 2.05) is 42.5 Å². The second-order valence-electron chi connectivity index (χ2n) is 4.51. The summed E-state index contributed by atoms with van der Waals surface area (Å²) in [5.41, 5.74) is 3.67. The van der Waals surface area contributed by atoms with Crippen molar-refractivity contribution in [1.29, 1.82) is 0 Å². The average molecular weight is 252 g/mol. The Balaban J connectivity index is 2.07. The highest BCUT2D eigenvalue weighted by Crippen LogP contribution is 2.20. The van der Waals surface area contributed by atoms with Crippen molar-refractivity contribution in [3.63, 3.8) is 0 Å². The molecular weight excluding hydrogens is 238 g/mol. The fraction of sp³-hybridized carbons (Fsp3) is 0.133. The smallest absolute Gasteiger partial charge is 0.328 e. The first-order chi connectivity index (χ1) is 9.16. The van der Waals surface area contributed by atoms with Crippen molar-refractivity contribution in [3.8, 4) is 0 Å². The molecule has 1 heterocycles. The summed E-state index contributed by atoms with van der Waals surface area (Å²) in [5.74, 6) is 0. The molecule has 95 valence electrons. The monoisotopic (exact) mass is 252 g/mol. The molecule has 3 aromatic rings. The zero-order valence-corrected chi connectivity index (χ0v) is 10.8. The normalized spacial score (nSPS) is 10.8. The van der Waals surface area contributed by atoms with Crippen molar-refractivity contribution in [2.75, 3.05) is 5.32 Å². The van der Waals surface area contributed by atoms with Crippen molar-refractivity contribution < 1.29 is 0 Å². The number of para-hydroxylation sites is 1. The van der Waals surface area contributed by atoms with Crippen molar-refractivity contribution in [2.45, 2.75) is 0 Å². The zero-order valence-electron chi connectivity index (χ0n) is 10.8. The molecule has 0 atom stereocenters. The topological polar surface area (TPSA) is 39.0 Å². The number of imidazole rings is 1. The van der Waals surface area contributed by atoms with Crippen LogP contribution in [-0.4, -0.2) is 9.13 Å². The van der Waals surface area contributed by atoms with Gasteiger partial charge in [0, 0.05) is 31.5 Å². The molecule has 0 aliphatic heterocycles. The Labute approximate surface area is 110 Å². The van der Waals surface area contributed by atoms with E-state index in [2.05, 4.69) is 11.4 Å². The lowest BCUT2D eigenvalue weighted by Gasteiger charge is -2.06. The number of fused-ring (bicyclic) bond motifs is 1. The van der Waals surface area contributed by atoms with Crippen molar-refractivity contribution in [1.82, 2.24) is 9.13 Å². The van der Waals surface area contributed by atoms with Crippen LogP contribution in [0, 0.1) is 6.07 Å². The van der Waals surface area contributed by atoms with E-state index < -0.39 is 0 Å². The Hall–Kier alpha value is -2.49. The van der Waals surface area contributed by atoms with Crippen LogP contribution in [0.1, 0.15) is 0 Å². The fourth-order valence-electron chi connectivity index (χ4n) is 2.21. The van der Waals surface area contributed by atoms with E-state index in [1.165, 1.54) is 0 Å². The fourth-order valence-corrected chi connectivity index (χ4v) is 2.21. The SMILES string of the molecule is Cn1c(=O)n(C)c2cc(Nc3[c]cccc3)ccc21. The second kappa shape index (κ2) is 4.31. The van der Waals surface area contributed by atoms with Crippen LogP contribution in [0.15, 0.2) is 47.3 Å². The largest absolute Gasteiger partial charge is 0.355 e. The van der Waals surface area contributed by atoms with E-state index in [4.69, 9.17) is 0 Å². The molecule has 1 radical (unpaired) electrons. The molecule has 4 nitrogen and oxygen atoms in total. The van der Waals surface area contributed by atoms with E-state index >= 15 is 0 Å². The van der Waals surface area contributed by atoms with Gasteiger partial charge in [0.05, 0.1) is 11.0 Å². The third-order valence-corrected chi connectivity index (χ3v) is 3.26. The highest BCUT2D eigenvalue weighted by molar-refractivity contribution is 5.81. The van der Waals surface area contributed by atoms with Crippen LogP contribution in [-0.2, 0) is 14.1 Å². The number of anilines is 2. The molecule has 0 saturated heterocycles. The molecule has 0 unspecified atom stereocenters. The van der Waals surface area contributed by atoms with E-state index in [1.54, 1.807) is 23.2 Å². The van der Waals surface area contributed by atoms with Crippen molar-refractivity contribution >= 4 is 22.4 Å². The Morgan fingerprint density at radius 3 is 2.58 bits per heavy atom. The molecule has 0 spiro atoms. The number of nitrogens with one attached hydrogen (secondary N) is 1. The summed E-state index contributed by atoms with van der Waals surface area (Å²) < 4.78 is 3.29. The van der Waals surface area contributed by atoms with Gasteiger partial charge in [0.1, 0.15) is 0 Å². The molecule has 19 heavy (non-hydrogen) atoms. The minimum absolute atomic E-state index is 0.0153. The number of aromatic nitrogens is 2. The summed E-state index contributed by atoms with van der Waals surface area (Å²) in [6.45, 7) is 0. The highest BCUT2D eigenvalue weighted by Gasteiger charge is 2.07. The van der Waals surface area contributed by atoms with Gasteiger partial charge in [-0.3, -0.25) is 9.13 Å². The van der Waals surface area contributed by atoms with Crippen LogP contribution in [0.5, 0.6) is 0 Å². The Bertz CT molecular complexity index is 784. The predicted octanol–water partition coefficient (Wildman–Crippen LogP) is 2.42. The van der Waals surface area contributed by atoms with Gasteiger partial charge in [0.2, 0.25) is 0 Å². The molecule has 0 aliphatic rings. The molecule has 0 bridgehead atoms. The van der Waals surface area contributed by atoms with Gasteiger partial charge in [-0.1, -0.05) is 18.2 Å². The van der Waals surface area contributed by atoms with Crippen LogP contribution in [0.3, 0.4) is 0 Å². The quantitative estimate of drug-likeness (QED) is 0.760. The Kier molecular flexibility index (Phi) is 2.63. The first-order valence-corrected chi connectivity index (χ1v) is 6.06. The first-order valence-electron chi connectivity index (χ1n) is 6.06. The van der Waals surface area contributed by atoms with Gasteiger partial charge in [-0.25, -0.2) is 4.79 Å². The number of hydrogen-bond acceptors (Lipinski definition) is 2. The minimum atomic E-state index is -0.0153. The second-order valence-corrected chi connectivity index (χ2v) is 4.51. The van der Waals surface area contributed by atoms with Crippen LogP contribution >= 0.6 is 0 Å². The van der Waals surface area contributed by atoms with Crippen LogP contribution < -0.4 is 11.0 Å². The third kappa shape index (κ3) is 1.91. The number of benzene rings is 2. The summed E-state index contributed by atoms with van der Waals surface area (Å²) in [4.78, 5) is 11.9. The summed E-state index contributed by atoms with van der Waals surface area (Å²) >= 11 is 0. The lowest BCUT2D eigenvalue weighted by Crippen LogP contribution is -2.19. The molecule has 0 amide bonds. The molecule has 4 heteroatoms. The summed E-state index contributed by atoms with van der Waals surface area (Å²) in [6, 6.07) is 16.7. The molecule has 3 rings (SSSR count). The van der Waals surface area contributed by atoms with Crippen molar-refractivity contribution in [2.24, 2.45) is 14.1 Å². The highest BCUT2D eigenvalue weighted by atomic mass is 16.1. The van der Waals surface area contributed by atoms with E-state index in [0.29, 0.717) is 0 Å². The lowest BCUT2D eigenvalue weighted by atomic mass is 10.2. The van der Waals surface area contributed by atoms with Crippen molar-refractivity contribution in [3.05, 3.63) is 59.0 Å². The summed E-state index contributed by atoms with van der Waals surface area (Å²) in [6.07, 6.45) is 0. The predicted molar refractivity (Wildman–Crippen MR) is 76.7 cm³/mol. The average Bonchev–Trinajstić information content (AvgIpc) is 2.65. The molecular formula is C15H14N3O. The van der Waals surface area contributed by atoms with Gasteiger partial charge in [0.25, 0.3) is 0 Å². The van der Waals surface area contributed by atoms with Gasteiger partial charge >= 0.3 is 5.69 Å². The molecule has 0 fully saturated rings. The number of rotatable bonds is 2. The van der Waals surface area contributed by atoms with E-state index in [0.717, 1.165) is 22.4 Å². The zero-order chi connectivity index (χ0) is 13.4. The van der Waals surface area contributed by atoms with Crippen LogP contribution in [0.2, 0.25) is 0 Å². The third-order valence-electron chi connectivity index (χ3n) is 3.26. The summed E-state index contributed by atoms with van der Waals surface area (Å²) in [7, 11) is 3.56. The minimum Gasteiger partial charge on any atom is -0.355 e. The number of nitrogens with zero attached hydrogens (tertiary/aromatic N) is 2. The summed E-state index contributed by atoms with van der Waals surface area (Å²) in [5, 5.41) is 3.27. The molecule has 0 aliphatic carbocycles. The Morgan fingerprint density at radius 1 is 1.05 bits per heavy atom. The van der Waals surface area contributed by atoms with Gasteiger partial charge in [-0.2, -0.15) is 0 Å². The maximum absolute atomic E-state index is 11.9. The van der Waals surface area contributed by atoms with E-state index in [-0.39, 0.29) is 5.69 Å². The number of hydrogen-bond donors (Lipinski definition) is 1. The first kappa shape index (κ1) is 11.6. The molecule has 1 N–H and O–H groups in total. The van der Waals surface area contributed by atoms with Gasteiger partial charge in [-0.05, 0) is 24.3 Å². The van der Waals surface area contributed by atoms with Gasteiger partial charge < -0.3 is 5.32 Å². The van der Waals surface area contributed by atoms with E-state index in [9.17, 15) is 4.79 Å². The van der Waals surface area contributed by atoms with Crippen LogP contribution in [0.25, 0.3) is 11.0 Å². The number of aryl methyl sites for hydroxylation is 2. The lowest BCUT2D eigenvalue weighted by molar-refractivity contribution is 0.795. The maximum atomic E-state index is 11.9. The van der Waals surface area contributed by atoms with Gasteiger partial charge in [-0.15, -0.1) is 0 Å². The molecule has 2 aromatic carbocycles. The van der Waals surface area contributed by atoms with Crippen LogP contribution in [0.4, 0.5) is 11.4 Å². The maximum Gasteiger partial charge on any atom is 0.328 e. The molecule has 1 aromatic heterocycles. The van der Waals surface area contributed by atoms with Gasteiger partial charge in [0.15, 0.2) is 0 Å². The molecule has 0 saturated carbocycles.